The summed E-state index contributed by atoms with van der Waals surface area (Å²) in [6.45, 7) is 0. The van der Waals surface area contributed by atoms with Crippen molar-refractivity contribution in [3.63, 3.8) is 0 Å². The van der Waals surface area contributed by atoms with E-state index in [0.29, 0.717) is 16.3 Å². The van der Waals surface area contributed by atoms with Gasteiger partial charge in [0.25, 0.3) is 0 Å². The zero-order valence-corrected chi connectivity index (χ0v) is 10.6. The number of halogens is 1. The van der Waals surface area contributed by atoms with Crippen LogP contribution in [0.1, 0.15) is 5.56 Å². The quantitative estimate of drug-likeness (QED) is 0.837. The van der Waals surface area contributed by atoms with Gasteiger partial charge < -0.3 is 10.6 Å². The van der Waals surface area contributed by atoms with Crippen molar-refractivity contribution < 1.29 is 0 Å². The van der Waals surface area contributed by atoms with E-state index in [2.05, 4.69) is 6.07 Å². The average Bonchev–Trinajstić information content (AvgIpc) is 2.41. The van der Waals surface area contributed by atoms with Gasteiger partial charge in [-0.25, -0.2) is 0 Å². The molecule has 0 aromatic heterocycles. The highest BCUT2D eigenvalue weighted by Gasteiger charge is 2.08. The van der Waals surface area contributed by atoms with Crippen molar-refractivity contribution in [2.75, 3.05) is 17.7 Å². The Hall–Kier alpha value is -2.18. The van der Waals surface area contributed by atoms with Crippen LogP contribution in [0.3, 0.4) is 0 Å². The number of benzene rings is 2. The van der Waals surface area contributed by atoms with Crippen molar-refractivity contribution in [3.05, 3.63) is 53.1 Å². The first-order valence-corrected chi connectivity index (χ1v) is 5.78. The second-order valence-electron chi connectivity index (χ2n) is 3.92. The topological polar surface area (TPSA) is 53.0 Å². The lowest BCUT2D eigenvalue weighted by Crippen LogP contribution is -2.11. The van der Waals surface area contributed by atoms with Gasteiger partial charge in [-0.1, -0.05) is 11.6 Å². The van der Waals surface area contributed by atoms with E-state index in [0.717, 1.165) is 11.4 Å². The van der Waals surface area contributed by atoms with Crippen molar-refractivity contribution in [1.29, 1.82) is 5.26 Å². The van der Waals surface area contributed by atoms with Crippen molar-refractivity contribution in [1.82, 2.24) is 0 Å². The van der Waals surface area contributed by atoms with E-state index in [1.807, 2.05) is 30.1 Å². The summed E-state index contributed by atoms with van der Waals surface area (Å²) in [5.74, 6) is 0. The van der Waals surface area contributed by atoms with E-state index < -0.39 is 0 Å². The number of nitriles is 1. The molecule has 2 aromatic rings. The molecule has 0 aliphatic carbocycles. The molecule has 0 aliphatic heterocycles. The fraction of sp³-hybridized carbons (Fsp3) is 0.0714. The van der Waals surface area contributed by atoms with Gasteiger partial charge in [0.2, 0.25) is 0 Å². The van der Waals surface area contributed by atoms with E-state index in [1.54, 1.807) is 24.3 Å². The Morgan fingerprint density at radius 1 is 1.17 bits per heavy atom. The second-order valence-corrected chi connectivity index (χ2v) is 4.36. The van der Waals surface area contributed by atoms with E-state index >= 15 is 0 Å². The van der Waals surface area contributed by atoms with E-state index in [1.165, 1.54) is 0 Å². The van der Waals surface area contributed by atoms with E-state index in [-0.39, 0.29) is 0 Å². The molecule has 2 rings (SSSR count). The lowest BCUT2D eigenvalue weighted by Gasteiger charge is -2.21. The molecule has 0 fully saturated rings. The van der Waals surface area contributed by atoms with Gasteiger partial charge in [0.05, 0.1) is 23.0 Å². The van der Waals surface area contributed by atoms with Gasteiger partial charge >= 0.3 is 0 Å². The Morgan fingerprint density at radius 2 is 1.83 bits per heavy atom. The third-order valence-electron chi connectivity index (χ3n) is 2.74. The van der Waals surface area contributed by atoms with Gasteiger partial charge in [-0.3, -0.25) is 0 Å². The molecule has 0 saturated heterocycles. The van der Waals surface area contributed by atoms with Crippen molar-refractivity contribution in [2.45, 2.75) is 0 Å². The van der Waals surface area contributed by atoms with Gasteiger partial charge in [0.15, 0.2) is 0 Å². The predicted octanol–water partition coefficient (Wildman–Crippen LogP) is 3.56. The SMILES string of the molecule is CN(c1ccc(C#N)cc1)c1cc(Cl)ccc1N. The van der Waals surface area contributed by atoms with Gasteiger partial charge in [-0.15, -0.1) is 0 Å². The summed E-state index contributed by atoms with van der Waals surface area (Å²) >= 11 is 5.97. The molecule has 2 aromatic carbocycles. The number of anilines is 3. The Kier molecular flexibility index (Phi) is 3.40. The second kappa shape index (κ2) is 4.99. The number of hydrogen-bond donors (Lipinski definition) is 1. The molecule has 0 unspecified atom stereocenters. The molecule has 3 nitrogen and oxygen atoms in total. The molecule has 0 heterocycles. The standard InChI is InChI=1S/C14H12ClN3/c1-18(12-5-2-10(9-16)3-6-12)14-8-11(15)4-7-13(14)17/h2-8H,17H2,1H3. The maximum absolute atomic E-state index is 8.76. The lowest BCUT2D eigenvalue weighted by atomic mass is 10.2. The van der Waals surface area contributed by atoms with Crippen molar-refractivity contribution in [2.24, 2.45) is 0 Å². The molecule has 2 N–H and O–H groups in total. The summed E-state index contributed by atoms with van der Waals surface area (Å²) in [5.41, 5.74) is 9.01. The lowest BCUT2D eigenvalue weighted by molar-refractivity contribution is 1.21. The maximum atomic E-state index is 8.76. The van der Waals surface area contributed by atoms with Crippen LogP contribution in [0.15, 0.2) is 42.5 Å². The van der Waals surface area contributed by atoms with Gasteiger partial charge in [0.1, 0.15) is 0 Å². The molecule has 0 atom stereocenters. The van der Waals surface area contributed by atoms with Crippen LogP contribution >= 0.6 is 11.6 Å². The van der Waals surface area contributed by atoms with Gasteiger partial charge in [-0.05, 0) is 42.5 Å². The van der Waals surface area contributed by atoms with Crippen LogP contribution < -0.4 is 10.6 Å². The van der Waals surface area contributed by atoms with Gasteiger partial charge in [-0.2, -0.15) is 5.26 Å². The van der Waals surface area contributed by atoms with Crippen LogP contribution in [0.5, 0.6) is 0 Å². The summed E-state index contributed by atoms with van der Waals surface area (Å²) < 4.78 is 0. The zero-order valence-electron chi connectivity index (χ0n) is 9.89. The maximum Gasteiger partial charge on any atom is 0.0991 e. The van der Waals surface area contributed by atoms with Crippen LogP contribution in [0.2, 0.25) is 5.02 Å². The Balaban J connectivity index is 2.38. The molecule has 90 valence electrons. The summed E-state index contributed by atoms with van der Waals surface area (Å²) in [6.07, 6.45) is 0. The summed E-state index contributed by atoms with van der Waals surface area (Å²) in [4.78, 5) is 1.93. The molecular formula is C14H12ClN3. The van der Waals surface area contributed by atoms with Crippen LogP contribution in [-0.2, 0) is 0 Å². The summed E-state index contributed by atoms with van der Waals surface area (Å²) in [5, 5.41) is 9.40. The molecular weight excluding hydrogens is 246 g/mol. The molecule has 0 aliphatic rings. The zero-order chi connectivity index (χ0) is 13.1. The van der Waals surface area contributed by atoms with Crippen molar-refractivity contribution in [3.8, 4) is 6.07 Å². The third kappa shape index (κ3) is 2.39. The smallest absolute Gasteiger partial charge is 0.0991 e. The minimum absolute atomic E-state index is 0.631. The third-order valence-corrected chi connectivity index (χ3v) is 2.97. The Bertz CT molecular complexity index is 599. The fourth-order valence-electron chi connectivity index (χ4n) is 1.71. The van der Waals surface area contributed by atoms with Crippen LogP contribution in [0.4, 0.5) is 17.1 Å². The van der Waals surface area contributed by atoms with Crippen LogP contribution in [0, 0.1) is 11.3 Å². The molecule has 0 radical (unpaired) electrons. The first-order valence-electron chi connectivity index (χ1n) is 5.41. The minimum atomic E-state index is 0.631. The monoisotopic (exact) mass is 257 g/mol. The van der Waals surface area contributed by atoms with Gasteiger partial charge in [0, 0.05) is 17.8 Å². The highest BCUT2D eigenvalue weighted by atomic mass is 35.5. The van der Waals surface area contributed by atoms with Crippen LogP contribution in [0.25, 0.3) is 0 Å². The minimum Gasteiger partial charge on any atom is -0.397 e. The molecule has 18 heavy (non-hydrogen) atoms. The first-order chi connectivity index (χ1) is 8.61. The van der Waals surface area contributed by atoms with Crippen molar-refractivity contribution >= 4 is 28.7 Å². The molecule has 0 amide bonds. The Morgan fingerprint density at radius 3 is 2.44 bits per heavy atom. The molecule has 0 bridgehead atoms. The summed E-state index contributed by atoms with van der Waals surface area (Å²) in [7, 11) is 1.91. The highest BCUT2D eigenvalue weighted by Crippen LogP contribution is 2.31. The molecule has 0 spiro atoms. The van der Waals surface area contributed by atoms with E-state index in [4.69, 9.17) is 22.6 Å². The number of nitrogens with two attached hydrogens (primary N) is 1. The molecule has 0 saturated carbocycles. The predicted molar refractivity (Wildman–Crippen MR) is 75.1 cm³/mol. The average molecular weight is 258 g/mol. The fourth-order valence-corrected chi connectivity index (χ4v) is 1.87. The van der Waals surface area contributed by atoms with Crippen LogP contribution in [-0.4, -0.2) is 7.05 Å². The number of rotatable bonds is 2. The normalized spacial score (nSPS) is 9.83. The first kappa shape index (κ1) is 12.3. The largest absolute Gasteiger partial charge is 0.397 e. The van der Waals surface area contributed by atoms with E-state index in [9.17, 15) is 0 Å². The number of nitrogen functional groups attached to an aromatic ring is 1. The molecule has 4 heteroatoms. The highest BCUT2D eigenvalue weighted by molar-refractivity contribution is 6.31. The Labute approximate surface area is 111 Å². The number of nitrogens with zero attached hydrogens (tertiary/aromatic N) is 2. The summed E-state index contributed by atoms with van der Waals surface area (Å²) in [6, 6.07) is 14.7. The number of hydrogen-bond acceptors (Lipinski definition) is 3.